The third-order valence-corrected chi connectivity index (χ3v) is 2.55. The summed E-state index contributed by atoms with van der Waals surface area (Å²) in [4.78, 5) is 11.2. The minimum Gasteiger partial charge on any atom is -0.478 e. The highest BCUT2D eigenvalue weighted by atomic mass is 19.1. The summed E-state index contributed by atoms with van der Waals surface area (Å²) in [7, 11) is 0. The summed E-state index contributed by atoms with van der Waals surface area (Å²) in [5, 5.41) is 9.17. The van der Waals surface area contributed by atoms with Gasteiger partial charge >= 0.3 is 5.97 Å². The molecule has 0 spiro atoms. The first-order valence-corrected chi connectivity index (χ1v) is 5.53. The average Bonchev–Trinajstić information content (AvgIpc) is 2.37. The Labute approximate surface area is 108 Å². The molecule has 0 bridgehead atoms. The lowest BCUT2D eigenvalue weighted by molar-refractivity contribution is -0.130. The number of aliphatic carboxylic acids is 1. The summed E-state index contributed by atoms with van der Waals surface area (Å²) >= 11 is 0. The molecule has 0 aromatic heterocycles. The lowest BCUT2D eigenvalue weighted by Gasteiger charge is -2.03. The smallest absolute Gasteiger partial charge is 0.336 e. The Bertz CT molecular complexity index is 631. The van der Waals surface area contributed by atoms with Crippen molar-refractivity contribution in [2.45, 2.75) is 0 Å². The molecule has 2 rings (SSSR count). The van der Waals surface area contributed by atoms with Crippen LogP contribution in [0.5, 0.6) is 0 Å². The van der Waals surface area contributed by atoms with E-state index in [0.717, 1.165) is 0 Å². The highest BCUT2D eigenvalue weighted by molar-refractivity contribution is 6.20. The number of carboxylic acid groups (broad SMARTS) is 1. The summed E-state index contributed by atoms with van der Waals surface area (Å²) in [6.07, 6.45) is 1.35. The van der Waals surface area contributed by atoms with Gasteiger partial charge in [0.1, 0.15) is 11.6 Å². The van der Waals surface area contributed by atoms with Crippen LogP contribution < -0.4 is 0 Å². The number of hydrogen-bond donors (Lipinski definition) is 1. The molecule has 0 fully saturated rings. The van der Waals surface area contributed by atoms with Crippen molar-refractivity contribution in [1.82, 2.24) is 0 Å². The van der Waals surface area contributed by atoms with E-state index in [1.165, 1.54) is 48.5 Å². The monoisotopic (exact) mass is 260 g/mol. The maximum absolute atomic E-state index is 13.0. The van der Waals surface area contributed by atoms with Gasteiger partial charge < -0.3 is 5.11 Å². The molecule has 0 heterocycles. The molecule has 0 unspecified atom stereocenters. The molecule has 2 aromatic rings. The fourth-order valence-electron chi connectivity index (χ4n) is 1.66. The van der Waals surface area contributed by atoms with Crippen molar-refractivity contribution in [1.29, 1.82) is 0 Å². The minimum atomic E-state index is -1.16. The zero-order valence-corrected chi connectivity index (χ0v) is 9.81. The second-order valence-electron chi connectivity index (χ2n) is 3.93. The van der Waals surface area contributed by atoms with Crippen molar-refractivity contribution in [3.05, 3.63) is 71.3 Å². The number of hydrogen-bond acceptors (Lipinski definition) is 1. The molecule has 2 aromatic carbocycles. The van der Waals surface area contributed by atoms with Crippen molar-refractivity contribution in [3.8, 4) is 0 Å². The number of halogens is 2. The molecular formula is C15H10F2O2. The molecule has 1 N–H and O–H groups in total. The van der Waals surface area contributed by atoms with Crippen LogP contribution in [0.1, 0.15) is 11.1 Å². The molecule has 2 nitrogen and oxygen atoms in total. The molecule has 0 aliphatic rings. The molecule has 0 aliphatic carbocycles. The Morgan fingerprint density at radius 1 is 1.00 bits per heavy atom. The minimum absolute atomic E-state index is 0.0226. The predicted octanol–water partition coefficient (Wildman–Crippen LogP) is 3.59. The van der Waals surface area contributed by atoms with Gasteiger partial charge in [-0.15, -0.1) is 0 Å². The molecule has 4 heteroatoms. The number of carbonyl (C=O) groups is 1. The van der Waals surface area contributed by atoms with E-state index in [1.54, 1.807) is 6.07 Å². The van der Waals surface area contributed by atoms with E-state index in [-0.39, 0.29) is 5.57 Å². The van der Waals surface area contributed by atoms with Gasteiger partial charge in [-0.2, -0.15) is 0 Å². The highest BCUT2D eigenvalue weighted by Crippen LogP contribution is 2.19. The maximum atomic E-state index is 13.0. The van der Waals surface area contributed by atoms with Crippen LogP contribution in [0.4, 0.5) is 8.78 Å². The van der Waals surface area contributed by atoms with Gasteiger partial charge in [0.25, 0.3) is 0 Å². The lowest BCUT2D eigenvalue weighted by Crippen LogP contribution is -1.99. The molecule has 0 atom stereocenters. The summed E-state index contributed by atoms with van der Waals surface area (Å²) in [6, 6.07) is 10.7. The van der Waals surface area contributed by atoms with E-state index < -0.39 is 17.6 Å². The van der Waals surface area contributed by atoms with Crippen LogP contribution in [0.15, 0.2) is 48.5 Å². The normalized spacial score (nSPS) is 11.4. The Balaban J connectivity index is 2.46. The van der Waals surface area contributed by atoms with Gasteiger partial charge in [0.15, 0.2) is 0 Å². The van der Waals surface area contributed by atoms with Gasteiger partial charge in [-0.05, 0) is 41.5 Å². The standard InChI is InChI=1S/C15H10F2O2/c16-12-6-4-11(5-7-12)14(15(18)19)9-10-2-1-3-13(17)8-10/h1-9H,(H,18,19)/b14-9-. The maximum Gasteiger partial charge on any atom is 0.336 e. The number of rotatable bonds is 3. The molecule has 0 saturated heterocycles. The van der Waals surface area contributed by atoms with Crippen LogP contribution >= 0.6 is 0 Å². The van der Waals surface area contributed by atoms with E-state index >= 15 is 0 Å². The quantitative estimate of drug-likeness (QED) is 0.676. The van der Waals surface area contributed by atoms with Crippen LogP contribution in [-0.2, 0) is 4.79 Å². The predicted molar refractivity (Wildman–Crippen MR) is 68.3 cm³/mol. The van der Waals surface area contributed by atoms with E-state index in [1.807, 2.05) is 0 Å². The molecule has 19 heavy (non-hydrogen) atoms. The molecule has 96 valence electrons. The zero-order chi connectivity index (χ0) is 13.8. The van der Waals surface area contributed by atoms with Gasteiger partial charge in [0.2, 0.25) is 0 Å². The zero-order valence-electron chi connectivity index (χ0n) is 9.81. The third kappa shape index (κ3) is 3.25. The summed E-state index contributed by atoms with van der Waals surface area (Å²) in [6.45, 7) is 0. The molecule has 0 aliphatic heterocycles. The Kier molecular flexibility index (Phi) is 3.71. The van der Waals surface area contributed by atoms with Crippen molar-refractivity contribution in [3.63, 3.8) is 0 Å². The summed E-state index contributed by atoms with van der Waals surface area (Å²) < 4.78 is 25.9. The van der Waals surface area contributed by atoms with Gasteiger partial charge in [0, 0.05) is 0 Å². The van der Waals surface area contributed by atoms with E-state index in [9.17, 15) is 18.7 Å². The molecule has 0 radical (unpaired) electrons. The van der Waals surface area contributed by atoms with E-state index in [2.05, 4.69) is 0 Å². The average molecular weight is 260 g/mol. The summed E-state index contributed by atoms with van der Waals surface area (Å²) in [5.74, 6) is -2.05. The molecular weight excluding hydrogens is 250 g/mol. The molecule has 0 saturated carbocycles. The summed E-state index contributed by atoms with van der Waals surface area (Å²) in [5.41, 5.74) is 0.769. The van der Waals surface area contributed by atoms with Gasteiger partial charge in [0.05, 0.1) is 5.57 Å². The number of carboxylic acids is 1. The van der Waals surface area contributed by atoms with Gasteiger partial charge in [-0.3, -0.25) is 0 Å². The van der Waals surface area contributed by atoms with Crippen molar-refractivity contribution < 1.29 is 18.7 Å². The number of benzene rings is 2. The first-order valence-electron chi connectivity index (χ1n) is 5.53. The van der Waals surface area contributed by atoms with Gasteiger partial charge in [-0.25, -0.2) is 13.6 Å². The van der Waals surface area contributed by atoms with Gasteiger partial charge in [-0.1, -0.05) is 24.3 Å². The Morgan fingerprint density at radius 2 is 1.68 bits per heavy atom. The third-order valence-electron chi connectivity index (χ3n) is 2.55. The second-order valence-corrected chi connectivity index (χ2v) is 3.93. The van der Waals surface area contributed by atoms with Crippen molar-refractivity contribution >= 4 is 17.6 Å². The highest BCUT2D eigenvalue weighted by Gasteiger charge is 2.10. The Morgan fingerprint density at radius 3 is 2.26 bits per heavy atom. The Hall–Kier alpha value is -2.49. The van der Waals surface area contributed by atoms with Crippen LogP contribution in [0.3, 0.4) is 0 Å². The van der Waals surface area contributed by atoms with Crippen molar-refractivity contribution in [2.24, 2.45) is 0 Å². The molecule has 0 amide bonds. The van der Waals surface area contributed by atoms with Crippen molar-refractivity contribution in [2.75, 3.05) is 0 Å². The van der Waals surface area contributed by atoms with E-state index in [4.69, 9.17) is 0 Å². The first kappa shape index (κ1) is 13.0. The van der Waals surface area contributed by atoms with Crippen LogP contribution in [0, 0.1) is 11.6 Å². The van der Waals surface area contributed by atoms with E-state index in [0.29, 0.717) is 11.1 Å². The van der Waals surface area contributed by atoms with Crippen LogP contribution in [0.2, 0.25) is 0 Å². The fraction of sp³-hybridized carbons (Fsp3) is 0. The second kappa shape index (κ2) is 5.44. The topological polar surface area (TPSA) is 37.3 Å². The SMILES string of the molecule is O=C(O)/C(=C\c1cccc(F)c1)c1ccc(F)cc1. The largest absolute Gasteiger partial charge is 0.478 e. The van der Waals surface area contributed by atoms with Crippen LogP contribution in [-0.4, -0.2) is 11.1 Å². The fourth-order valence-corrected chi connectivity index (χ4v) is 1.66. The first-order chi connectivity index (χ1) is 9.06. The van der Waals surface area contributed by atoms with Crippen LogP contribution in [0.25, 0.3) is 11.6 Å². The lowest BCUT2D eigenvalue weighted by atomic mass is 10.0.